The normalized spacial score (nSPS) is 26.8. The molecule has 0 saturated heterocycles. The van der Waals surface area contributed by atoms with Crippen LogP contribution in [0.1, 0.15) is 49.7 Å². The summed E-state index contributed by atoms with van der Waals surface area (Å²) >= 11 is 0. The fourth-order valence-electron chi connectivity index (χ4n) is 6.95. The maximum atomic E-state index is 13.3. The van der Waals surface area contributed by atoms with Gasteiger partial charge in [-0.1, -0.05) is 24.3 Å². The van der Waals surface area contributed by atoms with Gasteiger partial charge in [0.15, 0.2) is 0 Å². The number of halogens is 1. The van der Waals surface area contributed by atoms with Gasteiger partial charge in [-0.15, -0.1) is 0 Å². The molecule has 202 valence electrons. The van der Waals surface area contributed by atoms with E-state index in [9.17, 15) is 23.9 Å². The van der Waals surface area contributed by atoms with Crippen LogP contribution in [0.4, 0.5) is 14.9 Å². The summed E-state index contributed by atoms with van der Waals surface area (Å²) in [5.74, 6) is -0.541. The number of carboxylic acid groups (broad SMARTS) is 1. The maximum absolute atomic E-state index is 13.3. The number of amides is 2. The number of nitrogens with one attached hydrogen (secondary N) is 2. The smallest absolute Gasteiger partial charge is 0.408 e. The molecule has 8 nitrogen and oxygen atoms in total. The van der Waals surface area contributed by atoms with E-state index in [1.54, 1.807) is 24.3 Å². The van der Waals surface area contributed by atoms with Crippen molar-refractivity contribution in [3.8, 4) is 0 Å². The molecule has 4 fully saturated rings. The third kappa shape index (κ3) is 6.09. The number of hydrogen-bond acceptors (Lipinski definition) is 5. The lowest BCUT2D eigenvalue weighted by molar-refractivity contribution is -0.142. The summed E-state index contributed by atoms with van der Waals surface area (Å²) in [6.45, 7) is 0. The van der Waals surface area contributed by atoms with Crippen LogP contribution >= 0.6 is 0 Å². The van der Waals surface area contributed by atoms with E-state index in [0.29, 0.717) is 29.0 Å². The number of anilines is 1. The first-order valence-corrected chi connectivity index (χ1v) is 13.3. The van der Waals surface area contributed by atoms with Crippen LogP contribution in [0.15, 0.2) is 48.5 Å². The Morgan fingerprint density at radius 2 is 1.37 bits per heavy atom. The molecule has 0 heterocycles. The second-order valence-electron chi connectivity index (χ2n) is 11.4. The number of carbonyl (C=O) groups excluding carboxylic acids is 2. The number of benzene rings is 2. The number of rotatable bonds is 9. The summed E-state index contributed by atoms with van der Waals surface area (Å²) in [4.78, 5) is 38.4. The van der Waals surface area contributed by atoms with Crippen molar-refractivity contribution in [2.24, 2.45) is 17.8 Å². The summed E-state index contributed by atoms with van der Waals surface area (Å²) in [7, 11) is 0. The van der Waals surface area contributed by atoms with Crippen LogP contribution in [0.25, 0.3) is 0 Å². The Bertz CT molecular complexity index is 1150. The Kier molecular flexibility index (Phi) is 7.27. The Morgan fingerprint density at radius 3 is 1.89 bits per heavy atom. The van der Waals surface area contributed by atoms with Gasteiger partial charge in [-0.05, 0) is 91.7 Å². The van der Waals surface area contributed by atoms with E-state index in [4.69, 9.17) is 10.5 Å². The van der Waals surface area contributed by atoms with Crippen LogP contribution in [0.2, 0.25) is 0 Å². The van der Waals surface area contributed by atoms with E-state index in [0.717, 1.165) is 24.8 Å². The van der Waals surface area contributed by atoms with E-state index in [-0.39, 0.29) is 12.8 Å². The molecule has 2 atom stereocenters. The summed E-state index contributed by atoms with van der Waals surface area (Å²) in [6, 6.07) is 10.0. The number of carboxylic acids is 1. The number of nitrogens with two attached hydrogens (primary N) is 1. The highest BCUT2D eigenvalue weighted by atomic mass is 19.1. The van der Waals surface area contributed by atoms with Gasteiger partial charge in [0.05, 0.1) is 0 Å². The van der Waals surface area contributed by atoms with Crippen molar-refractivity contribution >= 4 is 23.7 Å². The molecule has 6 rings (SSSR count). The van der Waals surface area contributed by atoms with Crippen molar-refractivity contribution in [2.45, 2.75) is 69.1 Å². The quantitative estimate of drug-likeness (QED) is 0.370. The third-order valence-electron chi connectivity index (χ3n) is 8.29. The molecule has 0 unspecified atom stereocenters. The highest BCUT2D eigenvalue weighted by Gasteiger charge is 2.53. The molecule has 0 aliphatic heterocycles. The third-order valence-corrected chi connectivity index (χ3v) is 8.29. The van der Waals surface area contributed by atoms with Crippen molar-refractivity contribution in [3.63, 3.8) is 0 Å². The van der Waals surface area contributed by atoms with Crippen molar-refractivity contribution in [1.29, 1.82) is 0 Å². The van der Waals surface area contributed by atoms with E-state index in [2.05, 4.69) is 10.6 Å². The van der Waals surface area contributed by atoms with Gasteiger partial charge in [0.2, 0.25) is 5.91 Å². The number of hydrogen-bond donors (Lipinski definition) is 4. The van der Waals surface area contributed by atoms with Gasteiger partial charge in [-0.2, -0.15) is 0 Å². The lowest BCUT2D eigenvalue weighted by atomic mass is 9.54. The molecule has 4 bridgehead atoms. The minimum Gasteiger partial charge on any atom is -0.480 e. The molecule has 9 heteroatoms. The van der Waals surface area contributed by atoms with Crippen molar-refractivity contribution < 1.29 is 28.6 Å². The van der Waals surface area contributed by atoms with E-state index >= 15 is 0 Å². The Hall–Kier alpha value is -3.62. The second-order valence-corrected chi connectivity index (χ2v) is 11.4. The first kappa shape index (κ1) is 26.0. The predicted molar refractivity (Wildman–Crippen MR) is 139 cm³/mol. The molecule has 2 amide bonds. The van der Waals surface area contributed by atoms with Gasteiger partial charge in [0.25, 0.3) is 0 Å². The summed E-state index contributed by atoms with van der Waals surface area (Å²) in [5, 5.41) is 15.0. The molecular formula is C29H34FN3O5. The monoisotopic (exact) mass is 523 g/mol. The van der Waals surface area contributed by atoms with Gasteiger partial charge in [0.1, 0.15) is 23.5 Å². The van der Waals surface area contributed by atoms with Gasteiger partial charge < -0.3 is 26.2 Å². The van der Waals surface area contributed by atoms with Crippen molar-refractivity contribution in [2.75, 3.05) is 5.73 Å². The van der Waals surface area contributed by atoms with Gasteiger partial charge >= 0.3 is 12.1 Å². The highest BCUT2D eigenvalue weighted by molar-refractivity contribution is 5.89. The SMILES string of the molecule is Nc1ccc(C[C@H](NC(=O)OC23CC4CC(CC(C4)C2)C3)C(=O)N[C@@H](Cc2ccc(F)cc2)C(=O)O)cc1. The zero-order chi connectivity index (χ0) is 26.9. The predicted octanol–water partition coefficient (Wildman–Crippen LogP) is 3.83. The molecule has 2 aromatic carbocycles. The Morgan fingerprint density at radius 1 is 0.868 bits per heavy atom. The van der Waals surface area contributed by atoms with E-state index in [1.165, 1.54) is 43.5 Å². The average Bonchev–Trinajstić information content (AvgIpc) is 2.84. The molecule has 0 radical (unpaired) electrons. The fourth-order valence-corrected chi connectivity index (χ4v) is 6.95. The summed E-state index contributed by atoms with van der Waals surface area (Å²) < 4.78 is 19.3. The Labute approximate surface area is 221 Å². The molecule has 0 aromatic heterocycles. The number of ether oxygens (including phenoxy) is 1. The standard InChI is InChI=1S/C29H34FN3O5/c30-22-5-1-17(2-6-22)13-25(27(35)36)32-26(34)24(12-18-3-7-23(31)8-4-18)33-28(37)38-29-14-19-9-20(15-29)11-21(10-19)16-29/h1-8,19-21,24-25H,9-16,31H2,(H,32,34)(H,33,37)(H,35,36)/t19?,20?,21?,24-,25-,29?/m0/s1. The van der Waals surface area contributed by atoms with Gasteiger partial charge in [-0.25, -0.2) is 14.0 Å². The fraction of sp³-hybridized carbons (Fsp3) is 0.483. The first-order valence-electron chi connectivity index (χ1n) is 13.3. The summed E-state index contributed by atoms with van der Waals surface area (Å²) in [6.07, 6.45) is 5.64. The molecule has 38 heavy (non-hydrogen) atoms. The minimum absolute atomic E-state index is 0.0341. The minimum atomic E-state index is -1.26. The van der Waals surface area contributed by atoms with Crippen molar-refractivity contribution in [1.82, 2.24) is 10.6 Å². The topological polar surface area (TPSA) is 131 Å². The highest BCUT2D eigenvalue weighted by Crippen LogP contribution is 2.57. The van der Waals surface area contributed by atoms with Gasteiger partial charge in [0, 0.05) is 18.5 Å². The van der Waals surface area contributed by atoms with Gasteiger partial charge in [-0.3, -0.25) is 4.79 Å². The molecule has 4 aliphatic carbocycles. The number of carbonyl (C=O) groups is 3. The average molecular weight is 524 g/mol. The molecule has 4 saturated carbocycles. The first-order chi connectivity index (χ1) is 18.2. The number of alkyl carbamates (subject to hydrolysis) is 1. The molecule has 2 aromatic rings. The number of aliphatic carboxylic acids is 1. The molecule has 5 N–H and O–H groups in total. The largest absolute Gasteiger partial charge is 0.480 e. The molecule has 4 aliphatic rings. The lowest BCUT2D eigenvalue weighted by Gasteiger charge is -2.55. The lowest BCUT2D eigenvalue weighted by Crippen LogP contribution is -2.57. The maximum Gasteiger partial charge on any atom is 0.408 e. The zero-order valence-corrected chi connectivity index (χ0v) is 21.2. The van der Waals surface area contributed by atoms with Crippen molar-refractivity contribution in [3.05, 3.63) is 65.5 Å². The van der Waals surface area contributed by atoms with E-state index in [1.807, 2.05) is 0 Å². The number of nitrogen functional groups attached to an aromatic ring is 1. The van der Waals surface area contributed by atoms with Crippen LogP contribution in [0, 0.1) is 23.6 Å². The van der Waals surface area contributed by atoms with Crippen LogP contribution in [-0.4, -0.2) is 40.8 Å². The van der Waals surface area contributed by atoms with Crippen LogP contribution in [0.5, 0.6) is 0 Å². The Balaban J connectivity index is 1.29. The van der Waals surface area contributed by atoms with Crippen LogP contribution in [-0.2, 0) is 27.2 Å². The molecule has 0 spiro atoms. The zero-order valence-electron chi connectivity index (χ0n) is 21.2. The van der Waals surface area contributed by atoms with Crippen LogP contribution < -0.4 is 16.4 Å². The summed E-state index contributed by atoms with van der Waals surface area (Å²) in [5.41, 5.74) is 7.18. The van der Waals surface area contributed by atoms with E-state index < -0.39 is 41.5 Å². The van der Waals surface area contributed by atoms with Crippen LogP contribution in [0.3, 0.4) is 0 Å². The second kappa shape index (κ2) is 10.6. The molecular weight excluding hydrogens is 489 g/mol.